The summed E-state index contributed by atoms with van der Waals surface area (Å²) < 4.78 is 20.2. The summed E-state index contributed by atoms with van der Waals surface area (Å²) in [5.41, 5.74) is -0.461. The highest BCUT2D eigenvalue weighted by molar-refractivity contribution is 6.47. The number of carboxylic acid groups (broad SMARTS) is 1. The predicted molar refractivity (Wildman–Crippen MR) is 133 cm³/mol. The summed E-state index contributed by atoms with van der Waals surface area (Å²) in [6.07, 6.45) is 0.753. The van der Waals surface area contributed by atoms with Gasteiger partial charge in [0.15, 0.2) is 11.9 Å². The summed E-state index contributed by atoms with van der Waals surface area (Å²) in [6, 6.07) is 1.10. The molecule has 1 aromatic heterocycles. The van der Waals surface area contributed by atoms with Crippen molar-refractivity contribution in [2.24, 2.45) is 0 Å². The zero-order valence-electron chi connectivity index (χ0n) is 21.3. The summed E-state index contributed by atoms with van der Waals surface area (Å²) in [7, 11) is -1.72. The average Bonchev–Trinajstić information content (AvgIpc) is 2.89. The number of hydrogen-bond donors (Lipinski definition) is 5. The SMILES string of the molecule is CCN1C[C@@H](C)N(C(=O)NC(C(=O)N[C@H]2Cc3cccc(C(=O)O)c3OB2O)c2ncc(O)cc2F)C(=O)C1=O. The number of benzene rings is 1. The Balaban J connectivity index is 1.60. The van der Waals surface area contributed by atoms with Crippen LogP contribution in [0.15, 0.2) is 30.5 Å². The van der Waals surface area contributed by atoms with Crippen LogP contribution in [0.4, 0.5) is 9.18 Å². The molecule has 210 valence electrons. The van der Waals surface area contributed by atoms with E-state index in [1.165, 1.54) is 30.0 Å². The lowest BCUT2D eigenvalue weighted by Gasteiger charge is -2.37. The van der Waals surface area contributed by atoms with Crippen LogP contribution in [-0.2, 0) is 20.8 Å². The van der Waals surface area contributed by atoms with Crippen molar-refractivity contribution in [3.8, 4) is 11.5 Å². The van der Waals surface area contributed by atoms with Gasteiger partial charge in [-0.2, -0.15) is 0 Å². The highest BCUT2D eigenvalue weighted by Gasteiger charge is 2.43. The number of rotatable bonds is 6. The van der Waals surface area contributed by atoms with E-state index in [0.29, 0.717) is 16.5 Å². The average molecular weight is 557 g/mol. The Morgan fingerprint density at radius 2 is 2.00 bits per heavy atom. The molecule has 0 radical (unpaired) electrons. The fourth-order valence-corrected chi connectivity index (χ4v) is 4.57. The lowest BCUT2D eigenvalue weighted by atomic mass is 9.72. The molecule has 4 rings (SSSR count). The largest absolute Gasteiger partial charge is 0.547 e. The number of nitrogens with one attached hydrogen (secondary N) is 2. The molecule has 1 fully saturated rings. The highest BCUT2D eigenvalue weighted by atomic mass is 19.1. The van der Waals surface area contributed by atoms with Crippen LogP contribution in [0.2, 0.25) is 0 Å². The molecule has 3 heterocycles. The monoisotopic (exact) mass is 557 g/mol. The van der Waals surface area contributed by atoms with Crippen molar-refractivity contribution in [1.82, 2.24) is 25.4 Å². The van der Waals surface area contributed by atoms with Crippen LogP contribution in [0.1, 0.15) is 41.5 Å². The third kappa shape index (κ3) is 5.38. The summed E-state index contributed by atoms with van der Waals surface area (Å²) in [5.74, 6) is -7.39. The van der Waals surface area contributed by atoms with Gasteiger partial charge in [-0.05, 0) is 31.9 Å². The van der Waals surface area contributed by atoms with E-state index in [2.05, 4.69) is 15.6 Å². The molecule has 0 aliphatic carbocycles. The van der Waals surface area contributed by atoms with E-state index in [1.54, 1.807) is 6.92 Å². The maximum absolute atomic E-state index is 14.8. The smallest absolute Gasteiger partial charge is 0.534 e. The molecule has 14 nitrogen and oxygen atoms in total. The van der Waals surface area contributed by atoms with Crippen LogP contribution in [-0.4, -0.2) is 91.9 Å². The second-order valence-electron chi connectivity index (χ2n) is 9.24. The third-order valence-corrected chi connectivity index (χ3v) is 6.55. The van der Waals surface area contributed by atoms with Gasteiger partial charge < -0.3 is 35.4 Å². The lowest BCUT2D eigenvalue weighted by Crippen LogP contribution is -2.63. The van der Waals surface area contributed by atoms with Gasteiger partial charge in [-0.3, -0.25) is 24.3 Å². The number of urea groups is 1. The van der Waals surface area contributed by atoms with Gasteiger partial charge in [-0.15, -0.1) is 0 Å². The summed E-state index contributed by atoms with van der Waals surface area (Å²) in [6.45, 7) is 3.46. The lowest BCUT2D eigenvalue weighted by molar-refractivity contribution is -0.155. The third-order valence-electron chi connectivity index (χ3n) is 6.55. The first-order chi connectivity index (χ1) is 18.9. The van der Waals surface area contributed by atoms with Gasteiger partial charge in [0.1, 0.15) is 17.2 Å². The molecule has 5 amide bonds. The minimum Gasteiger partial charge on any atom is -0.534 e. The molecule has 2 aliphatic rings. The van der Waals surface area contributed by atoms with E-state index in [9.17, 15) is 43.6 Å². The van der Waals surface area contributed by atoms with Crippen LogP contribution >= 0.6 is 0 Å². The number of nitrogens with zero attached hydrogens (tertiary/aromatic N) is 3. The number of imide groups is 1. The molecule has 0 bridgehead atoms. The van der Waals surface area contributed by atoms with Crippen molar-refractivity contribution in [3.05, 3.63) is 53.1 Å². The van der Waals surface area contributed by atoms with E-state index < -0.39 is 72.1 Å². The summed E-state index contributed by atoms with van der Waals surface area (Å²) >= 11 is 0. The molecule has 2 aromatic rings. The molecule has 16 heteroatoms. The molecule has 1 aromatic carbocycles. The van der Waals surface area contributed by atoms with Gasteiger partial charge in [-0.25, -0.2) is 14.0 Å². The molecule has 3 atom stereocenters. The number of aromatic hydroxyl groups is 1. The Kier molecular flexibility index (Phi) is 7.90. The number of hydrogen-bond acceptors (Lipinski definition) is 9. The van der Waals surface area contributed by atoms with Crippen LogP contribution in [0.5, 0.6) is 11.5 Å². The molecular formula is C24H25BFN5O9. The topological polar surface area (TPSA) is 199 Å². The quantitative estimate of drug-likeness (QED) is 0.230. The Bertz CT molecular complexity index is 1390. The maximum Gasteiger partial charge on any atom is 0.547 e. The van der Waals surface area contributed by atoms with Crippen molar-refractivity contribution >= 4 is 36.8 Å². The van der Waals surface area contributed by atoms with Gasteiger partial charge in [0.05, 0.1) is 23.7 Å². The van der Waals surface area contributed by atoms with E-state index in [-0.39, 0.29) is 30.8 Å². The van der Waals surface area contributed by atoms with Crippen molar-refractivity contribution in [3.63, 3.8) is 0 Å². The van der Waals surface area contributed by atoms with Crippen LogP contribution in [0.3, 0.4) is 0 Å². The minimum atomic E-state index is -1.88. The maximum atomic E-state index is 14.8. The number of aromatic carboxylic acids is 1. The number of carboxylic acids is 1. The standard InChI is InChI=1S/C24H25BFN5O9/c1-3-30-10-11(2)31(22(35)21(30)34)24(38)29-18(17-15(26)8-13(32)9-27-17)20(33)28-16-7-12-5-4-6-14(23(36)37)19(12)40-25(16)39/h4-6,8-9,11,16,18,32,39H,3,7,10H2,1-2H3,(H,28,33)(H,29,38)(H,36,37)/t11-,16+,18?/m1/s1. The second kappa shape index (κ2) is 11.2. The van der Waals surface area contributed by atoms with Crippen molar-refractivity contribution in [2.75, 3.05) is 13.1 Å². The predicted octanol–water partition coefficient (Wildman–Crippen LogP) is -0.406. The number of carbonyl (C=O) groups is 5. The van der Waals surface area contributed by atoms with Crippen molar-refractivity contribution < 1.29 is 48.3 Å². The molecule has 40 heavy (non-hydrogen) atoms. The number of likely N-dealkylation sites (N-methyl/N-ethyl adjacent to an activating group) is 1. The van der Waals surface area contributed by atoms with E-state index in [0.717, 1.165) is 6.20 Å². The normalized spacial score (nSPS) is 19.4. The fourth-order valence-electron chi connectivity index (χ4n) is 4.57. The number of para-hydroxylation sites is 1. The van der Waals surface area contributed by atoms with Gasteiger partial charge in [0.25, 0.3) is 0 Å². The van der Waals surface area contributed by atoms with Gasteiger partial charge in [0.2, 0.25) is 5.91 Å². The zero-order chi connectivity index (χ0) is 29.3. The summed E-state index contributed by atoms with van der Waals surface area (Å²) in [5, 5.41) is 34.1. The second-order valence-corrected chi connectivity index (χ2v) is 9.24. The molecule has 2 aliphatic heterocycles. The Morgan fingerprint density at radius 3 is 2.65 bits per heavy atom. The number of carbonyl (C=O) groups excluding carboxylic acids is 4. The first-order valence-corrected chi connectivity index (χ1v) is 12.2. The first kappa shape index (κ1) is 28.3. The molecular weight excluding hydrogens is 532 g/mol. The van der Waals surface area contributed by atoms with Crippen LogP contribution in [0.25, 0.3) is 0 Å². The molecule has 1 unspecified atom stereocenters. The molecule has 5 N–H and O–H groups in total. The number of amides is 5. The molecule has 0 spiro atoms. The first-order valence-electron chi connectivity index (χ1n) is 12.2. The number of fused-ring (bicyclic) bond motifs is 1. The van der Waals surface area contributed by atoms with Gasteiger partial charge in [0, 0.05) is 19.2 Å². The van der Waals surface area contributed by atoms with E-state index >= 15 is 0 Å². The van der Waals surface area contributed by atoms with E-state index in [4.69, 9.17) is 4.65 Å². The highest BCUT2D eigenvalue weighted by Crippen LogP contribution is 2.30. The summed E-state index contributed by atoms with van der Waals surface area (Å²) in [4.78, 5) is 68.6. The number of halogens is 1. The van der Waals surface area contributed by atoms with Crippen molar-refractivity contribution in [1.29, 1.82) is 0 Å². The number of piperazine rings is 1. The van der Waals surface area contributed by atoms with Gasteiger partial charge >= 0.3 is 30.9 Å². The van der Waals surface area contributed by atoms with Crippen LogP contribution < -0.4 is 15.3 Å². The van der Waals surface area contributed by atoms with Crippen molar-refractivity contribution in [2.45, 2.75) is 38.3 Å². The Morgan fingerprint density at radius 1 is 1.27 bits per heavy atom. The number of aromatic nitrogens is 1. The Labute approximate surface area is 226 Å². The van der Waals surface area contributed by atoms with Crippen LogP contribution in [0, 0.1) is 5.82 Å². The molecule has 0 saturated carbocycles. The van der Waals surface area contributed by atoms with E-state index in [1.807, 2.05) is 0 Å². The minimum absolute atomic E-state index is 0.0422. The fraction of sp³-hybridized carbons (Fsp3) is 0.333. The molecule has 1 saturated heterocycles. The number of pyridine rings is 1. The van der Waals surface area contributed by atoms with Gasteiger partial charge in [-0.1, -0.05) is 12.1 Å². The zero-order valence-corrected chi connectivity index (χ0v) is 21.3. The Hall–Kier alpha value is -4.73.